The summed E-state index contributed by atoms with van der Waals surface area (Å²) in [5, 5.41) is 6.27. The predicted molar refractivity (Wildman–Crippen MR) is 79.0 cm³/mol. The van der Waals surface area contributed by atoms with Gasteiger partial charge in [0.25, 0.3) is 5.91 Å². The maximum atomic E-state index is 12.4. The van der Waals surface area contributed by atoms with Crippen LogP contribution in [0.5, 0.6) is 5.75 Å². The van der Waals surface area contributed by atoms with E-state index in [0.29, 0.717) is 0 Å². The van der Waals surface area contributed by atoms with Crippen LogP contribution in [0, 0.1) is 0 Å². The van der Waals surface area contributed by atoms with Gasteiger partial charge in [0, 0.05) is 6.07 Å². The lowest BCUT2D eigenvalue weighted by Crippen LogP contribution is -2.47. The number of hydrogen-bond donors (Lipinski definition) is 2. The first-order valence-corrected chi connectivity index (χ1v) is 6.47. The number of benzene rings is 2. The Hall–Kier alpha value is -2.49. The first-order chi connectivity index (χ1) is 9.63. The highest BCUT2D eigenvalue weighted by Crippen LogP contribution is 2.38. The number of rotatable bonds is 2. The summed E-state index contributed by atoms with van der Waals surface area (Å²) >= 11 is 0. The predicted octanol–water partition coefficient (Wildman–Crippen LogP) is 2.97. The van der Waals surface area contributed by atoms with Crippen LogP contribution in [0.25, 0.3) is 0 Å². The first-order valence-electron chi connectivity index (χ1n) is 6.47. The molecule has 20 heavy (non-hydrogen) atoms. The Morgan fingerprint density at radius 2 is 1.80 bits per heavy atom. The van der Waals surface area contributed by atoms with E-state index in [1.165, 1.54) is 0 Å². The smallest absolute Gasteiger partial charge is 0.254 e. The van der Waals surface area contributed by atoms with Crippen molar-refractivity contribution in [2.45, 2.75) is 12.5 Å². The van der Waals surface area contributed by atoms with Crippen molar-refractivity contribution in [1.82, 2.24) is 0 Å². The number of carbonyl (C=O) groups excluding carboxylic acids is 1. The van der Waals surface area contributed by atoms with Gasteiger partial charge in [0.05, 0.1) is 18.5 Å². The van der Waals surface area contributed by atoms with Gasteiger partial charge in [0.15, 0.2) is 0 Å². The van der Waals surface area contributed by atoms with Gasteiger partial charge in [-0.25, -0.2) is 0 Å². The molecular formula is C16H16N2O2. The van der Waals surface area contributed by atoms with Crippen molar-refractivity contribution in [1.29, 1.82) is 0 Å². The highest BCUT2D eigenvalue weighted by Gasteiger charge is 2.39. The minimum Gasteiger partial charge on any atom is -0.497 e. The van der Waals surface area contributed by atoms with Gasteiger partial charge in [-0.1, -0.05) is 30.3 Å². The van der Waals surface area contributed by atoms with Gasteiger partial charge in [-0.05, 0) is 24.6 Å². The highest BCUT2D eigenvalue weighted by atomic mass is 16.5. The van der Waals surface area contributed by atoms with Crippen molar-refractivity contribution in [3.63, 3.8) is 0 Å². The number of methoxy groups -OCH3 is 1. The van der Waals surface area contributed by atoms with Crippen LogP contribution < -0.4 is 15.4 Å². The number of nitrogens with one attached hydrogen (secondary N) is 2. The molecule has 2 aromatic carbocycles. The molecule has 0 aliphatic carbocycles. The molecule has 102 valence electrons. The van der Waals surface area contributed by atoms with Crippen LogP contribution in [0.4, 0.5) is 11.4 Å². The molecule has 1 aliphatic rings. The highest BCUT2D eigenvalue weighted by molar-refractivity contribution is 6.06. The van der Waals surface area contributed by atoms with E-state index in [9.17, 15) is 4.79 Å². The number of hydrogen-bond acceptors (Lipinski definition) is 3. The van der Waals surface area contributed by atoms with Crippen LogP contribution >= 0.6 is 0 Å². The Kier molecular flexibility index (Phi) is 2.86. The van der Waals surface area contributed by atoms with Crippen molar-refractivity contribution >= 4 is 17.3 Å². The van der Waals surface area contributed by atoms with Gasteiger partial charge in [0.2, 0.25) is 0 Å². The summed E-state index contributed by atoms with van der Waals surface area (Å²) in [6.07, 6.45) is 0. The molecule has 2 N–H and O–H groups in total. The molecule has 1 aliphatic heterocycles. The van der Waals surface area contributed by atoms with Crippen LogP contribution in [0.15, 0.2) is 48.5 Å². The first kappa shape index (κ1) is 12.5. The molecule has 1 heterocycles. The van der Waals surface area contributed by atoms with Crippen molar-refractivity contribution in [3.05, 3.63) is 54.1 Å². The third kappa shape index (κ3) is 1.90. The molecule has 1 atom stereocenters. The van der Waals surface area contributed by atoms with Gasteiger partial charge in [-0.2, -0.15) is 0 Å². The van der Waals surface area contributed by atoms with E-state index in [1.807, 2.05) is 55.5 Å². The normalized spacial score (nSPS) is 20.6. The summed E-state index contributed by atoms with van der Waals surface area (Å²) in [5.74, 6) is 0.684. The maximum Gasteiger partial charge on any atom is 0.254 e. The fraction of sp³-hybridized carbons (Fsp3) is 0.188. The number of ether oxygens (including phenoxy) is 1. The van der Waals surface area contributed by atoms with E-state index in [1.54, 1.807) is 7.11 Å². The molecule has 2 aromatic rings. The van der Waals surface area contributed by atoms with E-state index in [2.05, 4.69) is 10.6 Å². The quantitative estimate of drug-likeness (QED) is 0.880. The van der Waals surface area contributed by atoms with E-state index in [0.717, 1.165) is 22.7 Å². The topological polar surface area (TPSA) is 50.4 Å². The Morgan fingerprint density at radius 1 is 1.05 bits per heavy atom. The van der Waals surface area contributed by atoms with Crippen LogP contribution in [-0.2, 0) is 10.3 Å². The monoisotopic (exact) mass is 268 g/mol. The van der Waals surface area contributed by atoms with Crippen LogP contribution in [0.2, 0.25) is 0 Å². The zero-order chi connectivity index (χ0) is 14.2. The van der Waals surface area contributed by atoms with Crippen molar-refractivity contribution in [3.8, 4) is 5.75 Å². The molecule has 1 amide bonds. The van der Waals surface area contributed by atoms with E-state index >= 15 is 0 Å². The summed E-state index contributed by atoms with van der Waals surface area (Å²) in [5.41, 5.74) is 1.76. The second kappa shape index (κ2) is 4.56. The molecule has 0 fully saturated rings. The summed E-state index contributed by atoms with van der Waals surface area (Å²) < 4.78 is 5.23. The number of fused-ring (bicyclic) bond motifs is 1. The van der Waals surface area contributed by atoms with Gasteiger partial charge >= 0.3 is 0 Å². The van der Waals surface area contributed by atoms with Crippen molar-refractivity contribution in [2.75, 3.05) is 17.7 Å². The summed E-state index contributed by atoms with van der Waals surface area (Å²) in [6.45, 7) is 1.88. The Bertz CT molecular complexity index is 655. The van der Waals surface area contributed by atoms with E-state index in [-0.39, 0.29) is 5.91 Å². The van der Waals surface area contributed by atoms with Crippen molar-refractivity contribution < 1.29 is 9.53 Å². The fourth-order valence-electron chi connectivity index (χ4n) is 2.41. The van der Waals surface area contributed by atoms with E-state index in [4.69, 9.17) is 4.74 Å². The minimum absolute atomic E-state index is 0.0682. The Morgan fingerprint density at radius 3 is 2.50 bits per heavy atom. The number of anilines is 2. The van der Waals surface area contributed by atoms with Crippen LogP contribution in [0.3, 0.4) is 0 Å². The summed E-state index contributed by atoms with van der Waals surface area (Å²) in [4.78, 5) is 12.4. The van der Waals surface area contributed by atoms with Gasteiger partial charge in [0.1, 0.15) is 11.3 Å². The number of amides is 1. The molecular weight excluding hydrogens is 252 g/mol. The second-order valence-corrected chi connectivity index (χ2v) is 4.98. The second-order valence-electron chi connectivity index (χ2n) is 4.98. The largest absolute Gasteiger partial charge is 0.497 e. The molecule has 0 radical (unpaired) electrons. The average molecular weight is 268 g/mol. The molecule has 0 saturated heterocycles. The van der Waals surface area contributed by atoms with E-state index < -0.39 is 5.54 Å². The minimum atomic E-state index is -0.791. The molecule has 0 bridgehead atoms. The zero-order valence-corrected chi connectivity index (χ0v) is 11.4. The van der Waals surface area contributed by atoms with Gasteiger partial charge in [-0.15, -0.1) is 0 Å². The lowest BCUT2D eigenvalue weighted by Gasteiger charge is -2.36. The summed E-state index contributed by atoms with van der Waals surface area (Å²) in [6, 6.07) is 15.2. The molecule has 0 spiro atoms. The zero-order valence-electron chi connectivity index (χ0n) is 11.4. The van der Waals surface area contributed by atoms with Crippen LogP contribution in [-0.4, -0.2) is 13.0 Å². The standard InChI is InChI=1S/C16H16N2O2/c1-16(11-6-4-3-5-7-11)15(19)17-13-9-8-12(20-2)10-14(13)18-16/h3-10,18H,1-2H3,(H,17,19). The molecule has 0 saturated carbocycles. The molecule has 4 heteroatoms. The van der Waals surface area contributed by atoms with Gasteiger partial charge in [-0.3, -0.25) is 4.79 Å². The average Bonchev–Trinajstić information content (AvgIpc) is 2.49. The Balaban J connectivity index is 2.05. The Labute approximate surface area is 117 Å². The summed E-state index contributed by atoms with van der Waals surface area (Å²) in [7, 11) is 1.62. The lowest BCUT2D eigenvalue weighted by atomic mass is 9.88. The lowest BCUT2D eigenvalue weighted by molar-refractivity contribution is -0.120. The SMILES string of the molecule is COc1ccc2c(c1)NC(C)(c1ccccc1)C(=O)N2. The maximum absolute atomic E-state index is 12.4. The molecule has 1 unspecified atom stereocenters. The fourth-order valence-corrected chi connectivity index (χ4v) is 2.41. The number of carbonyl (C=O) groups is 1. The molecule has 0 aromatic heterocycles. The van der Waals surface area contributed by atoms with Crippen LogP contribution in [0.1, 0.15) is 12.5 Å². The third-order valence-corrected chi connectivity index (χ3v) is 3.66. The third-order valence-electron chi connectivity index (χ3n) is 3.66. The van der Waals surface area contributed by atoms with Crippen molar-refractivity contribution in [2.24, 2.45) is 0 Å². The molecule has 4 nitrogen and oxygen atoms in total. The van der Waals surface area contributed by atoms with Gasteiger partial charge < -0.3 is 15.4 Å². The molecule has 3 rings (SSSR count).